The lowest BCUT2D eigenvalue weighted by Gasteiger charge is -2.34. The molecular weight excluding hydrogens is 1030 g/mol. The number of benzene rings is 4. The Morgan fingerprint density at radius 3 is 1.31 bits per heavy atom. The summed E-state index contributed by atoms with van der Waals surface area (Å²) in [6.45, 7) is 9.51. The van der Waals surface area contributed by atoms with E-state index in [0.29, 0.717) is 138 Å². The van der Waals surface area contributed by atoms with Crippen molar-refractivity contribution in [3.8, 4) is 0 Å². The molecule has 6 amide bonds. The fourth-order valence-electron chi connectivity index (χ4n) is 10.3. The Morgan fingerprint density at radius 1 is 0.500 bits per heavy atom. The molecule has 0 aromatic heterocycles. The van der Waals surface area contributed by atoms with Crippen LogP contribution < -0.4 is 21.3 Å². The monoisotopic (exact) mass is 1090 g/mol. The van der Waals surface area contributed by atoms with Crippen LogP contribution in [0.5, 0.6) is 0 Å². The molecule has 0 fully saturated rings. The number of likely N-dealkylation sites (N-methyl/N-ethyl adjacent to an activating group) is 2. The van der Waals surface area contributed by atoms with Gasteiger partial charge in [-0.05, 0) is 108 Å². The zero-order valence-electron chi connectivity index (χ0n) is 42.1. The predicted molar refractivity (Wildman–Crippen MR) is 287 cm³/mol. The molecule has 8 rings (SSSR count). The van der Waals surface area contributed by atoms with E-state index in [1.807, 2.05) is 46.2 Å². The van der Waals surface area contributed by atoms with Gasteiger partial charge in [-0.25, -0.2) is 9.59 Å². The van der Waals surface area contributed by atoms with Crippen LogP contribution in [0.25, 0.3) is 0 Å². The number of carbonyl (C=O) groups excluding carboxylic acids is 4. The van der Waals surface area contributed by atoms with Crippen LogP contribution in [0.2, 0.25) is 20.1 Å². The van der Waals surface area contributed by atoms with Crippen molar-refractivity contribution in [2.24, 2.45) is 0 Å². The average Bonchev–Trinajstić information content (AvgIpc) is 3.88. The van der Waals surface area contributed by atoms with Gasteiger partial charge in [0.1, 0.15) is 0 Å². The Morgan fingerprint density at radius 2 is 0.892 bits per heavy atom. The van der Waals surface area contributed by atoms with Gasteiger partial charge in [-0.3, -0.25) is 9.59 Å². The molecule has 4 heterocycles. The minimum atomic E-state index is -0.289. The van der Waals surface area contributed by atoms with Gasteiger partial charge in [0.15, 0.2) is 0 Å². The molecule has 20 heteroatoms. The van der Waals surface area contributed by atoms with E-state index in [1.54, 1.807) is 12.1 Å². The Kier molecular flexibility index (Phi) is 20.1. The van der Waals surface area contributed by atoms with Gasteiger partial charge in [-0.2, -0.15) is 0 Å². The second-order valence-electron chi connectivity index (χ2n) is 19.1. The zero-order valence-corrected chi connectivity index (χ0v) is 45.1. The number of carbonyl (C=O) groups is 4. The molecule has 4 aliphatic heterocycles. The minimum Gasteiger partial charge on any atom is -0.377 e. The smallest absolute Gasteiger partial charge is 0.314 e. The number of urea groups is 2. The highest BCUT2D eigenvalue weighted by Gasteiger charge is 2.36. The maximum absolute atomic E-state index is 13.4. The van der Waals surface area contributed by atoms with Crippen molar-refractivity contribution in [3.63, 3.8) is 0 Å². The number of ether oxygens (including phenoxy) is 4. The lowest BCUT2D eigenvalue weighted by molar-refractivity contribution is 0.0376. The fourth-order valence-corrected chi connectivity index (χ4v) is 11.4. The van der Waals surface area contributed by atoms with Gasteiger partial charge in [0.2, 0.25) is 0 Å². The molecule has 4 aliphatic rings. The first-order valence-corrected chi connectivity index (χ1v) is 26.9. The van der Waals surface area contributed by atoms with Crippen molar-refractivity contribution in [3.05, 3.63) is 136 Å². The predicted octanol–water partition coefficient (Wildman–Crippen LogP) is 7.51. The maximum atomic E-state index is 13.4. The highest BCUT2D eigenvalue weighted by Crippen LogP contribution is 2.43. The number of rotatable bonds is 25. The molecule has 398 valence electrons. The van der Waals surface area contributed by atoms with Crippen LogP contribution in [0, 0.1) is 0 Å². The molecule has 74 heavy (non-hydrogen) atoms. The standard InChI is InChI=1S/C54H66Cl4N8O8/c1-63-29-43(41-25-35(55)27-49(57)47(41)31-63)37-7-5-9-39-45(37)33-65(51(39)67)15-19-73-23-21-71-17-13-61-53(69)59-11-3-4-12-60-54(70)62-14-18-72-22-24-74-20-16-66-34-46-38(8-6-10-40(46)52(66)68)44-30-64(2)32-48-42(44)26-36(56)28-50(48)58/h5-10,25-28,43-44H,3-4,11-24,29-34H2,1-2H3,(H2,59,61,69)(H2,60,62,70). The van der Waals surface area contributed by atoms with Crippen molar-refractivity contribution >= 4 is 70.3 Å². The molecule has 0 saturated carbocycles. The van der Waals surface area contributed by atoms with Crippen LogP contribution in [-0.2, 0) is 45.1 Å². The first-order chi connectivity index (χ1) is 35.9. The summed E-state index contributed by atoms with van der Waals surface area (Å²) in [6, 6.07) is 18.9. The number of nitrogens with zero attached hydrogens (tertiary/aromatic N) is 4. The highest BCUT2D eigenvalue weighted by molar-refractivity contribution is 6.35. The molecule has 0 bridgehead atoms. The van der Waals surface area contributed by atoms with Gasteiger partial charge in [-0.1, -0.05) is 70.7 Å². The van der Waals surface area contributed by atoms with E-state index < -0.39 is 0 Å². The van der Waals surface area contributed by atoms with Gasteiger partial charge in [0.25, 0.3) is 11.8 Å². The Hall–Kier alpha value is -4.72. The molecule has 4 aromatic carbocycles. The van der Waals surface area contributed by atoms with Crippen LogP contribution in [0.3, 0.4) is 0 Å². The molecule has 0 saturated heterocycles. The van der Waals surface area contributed by atoms with Gasteiger partial charge in [0.05, 0.1) is 52.9 Å². The fraction of sp³-hybridized carbons (Fsp3) is 0.481. The first kappa shape index (κ1) is 55.5. The largest absolute Gasteiger partial charge is 0.377 e. The highest BCUT2D eigenvalue weighted by atomic mass is 35.5. The summed E-state index contributed by atoms with van der Waals surface area (Å²) in [5.74, 6) is 0.0973. The molecular formula is C54H66Cl4N8O8. The lowest BCUT2D eigenvalue weighted by Crippen LogP contribution is -2.39. The minimum absolute atomic E-state index is 0.000432. The quantitative estimate of drug-likeness (QED) is 0.0488. The summed E-state index contributed by atoms with van der Waals surface area (Å²) >= 11 is 26.1. The topological polar surface area (TPSA) is 166 Å². The second-order valence-corrected chi connectivity index (χ2v) is 20.8. The SMILES string of the molecule is CN1Cc2c(Cl)cc(Cl)cc2C(c2cccc3c2CN(CCOCCOCCNC(=O)NCCCCNC(=O)NCCOCCOCCN2Cc4c(cccc4C4CN(C)Cc5c(Cl)cc(Cl)cc54)C2=O)C3=O)C1. The Bertz CT molecular complexity index is 2470. The van der Waals surface area contributed by atoms with E-state index in [2.05, 4.69) is 57.3 Å². The van der Waals surface area contributed by atoms with Crippen LogP contribution in [0.15, 0.2) is 60.7 Å². The number of hydrogen-bond donors (Lipinski definition) is 4. The third kappa shape index (κ3) is 14.2. The van der Waals surface area contributed by atoms with Crippen molar-refractivity contribution in [2.75, 3.05) is 119 Å². The van der Waals surface area contributed by atoms with Gasteiger partial charge >= 0.3 is 12.1 Å². The summed E-state index contributed by atoms with van der Waals surface area (Å²) in [4.78, 5) is 59.3. The summed E-state index contributed by atoms with van der Waals surface area (Å²) in [5, 5.41) is 13.7. The summed E-state index contributed by atoms with van der Waals surface area (Å²) in [7, 11) is 4.16. The van der Waals surface area contributed by atoms with E-state index >= 15 is 0 Å². The number of amides is 6. The van der Waals surface area contributed by atoms with E-state index in [-0.39, 0.29) is 35.7 Å². The average molecular weight is 1100 g/mol. The van der Waals surface area contributed by atoms with Gasteiger partial charge < -0.3 is 59.8 Å². The molecule has 16 nitrogen and oxygen atoms in total. The molecule has 4 N–H and O–H groups in total. The van der Waals surface area contributed by atoms with Gasteiger partial charge in [-0.15, -0.1) is 0 Å². The third-order valence-corrected chi connectivity index (χ3v) is 15.0. The Balaban J connectivity index is 0.592. The van der Waals surface area contributed by atoms with Gasteiger partial charge in [0, 0.05) is 122 Å². The number of fused-ring (bicyclic) bond motifs is 4. The number of nitrogens with one attached hydrogen (secondary N) is 4. The van der Waals surface area contributed by atoms with Crippen LogP contribution >= 0.6 is 46.4 Å². The van der Waals surface area contributed by atoms with E-state index in [0.717, 1.165) is 81.8 Å². The third-order valence-electron chi connectivity index (χ3n) is 13.9. The van der Waals surface area contributed by atoms with E-state index in [9.17, 15) is 19.2 Å². The normalized spacial score (nSPS) is 17.3. The van der Waals surface area contributed by atoms with Crippen LogP contribution in [0.1, 0.15) is 89.9 Å². The number of hydrogen-bond acceptors (Lipinski definition) is 10. The van der Waals surface area contributed by atoms with Crippen molar-refractivity contribution < 1.29 is 38.1 Å². The number of halogens is 4. The van der Waals surface area contributed by atoms with Crippen molar-refractivity contribution in [1.29, 1.82) is 0 Å². The molecule has 0 spiro atoms. The molecule has 2 unspecified atom stereocenters. The lowest BCUT2D eigenvalue weighted by atomic mass is 9.82. The summed E-state index contributed by atoms with van der Waals surface area (Å²) in [5.41, 5.74) is 10.2. The molecule has 2 atom stereocenters. The van der Waals surface area contributed by atoms with E-state index in [4.69, 9.17) is 65.4 Å². The summed E-state index contributed by atoms with van der Waals surface area (Å²) in [6.07, 6.45) is 1.38. The van der Waals surface area contributed by atoms with Crippen LogP contribution in [0.4, 0.5) is 9.59 Å². The van der Waals surface area contributed by atoms with Crippen molar-refractivity contribution in [1.82, 2.24) is 40.9 Å². The maximum Gasteiger partial charge on any atom is 0.314 e. The molecule has 0 radical (unpaired) electrons. The molecule has 4 aromatic rings. The summed E-state index contributed by atoms with van der Waals surface area (Å²) < 4.78 is 22.8. The first-order valence-electron chi connectivity index (χ1n) is 25.4. The van der Waals surface area contributed by atoms with Crippen LogP contribution in [-0.4, -0.2) is 163 Å². The van der Waals surface area contributed by atoms with Crippen molar-refractivity contribution in [2.45, 2.75) is 50.9 Å². The Labute approximate surface area is 453 Å². The molecule has 0 aliphatic carbocycles. The number of unbranched alkanes of at least 4 members (excludes halogenated alkanes) is 1. The van der Waals surface area contributed by atoms with E-state index in [1.165, 1.54) is 0 Å². The zero-order chi connectivity index (χ0) is 52.1. The second kappa shape index (κ2) is 26.9.